The zero-order valence-electron chi connectivity index (χ0n) is 11.2. The Hall–Kier alpha value is -1.79. The molecule has 0 aromatic heterocycles. The SMILES string of the molecule is CCNCCCNC(=O)Nc1ccc(C(=O)O)c(Cl)c1. The molecule has 2 amide bonds. The summed E-state index contributed by atoms with van der Waals surface area (Å²) >= 11 is 5.81. The highest BCUT2D eigenvalue weighted by Crippen LogP contribution is 2.20. The molecule has 110 valence electrons. The number of nitrogens with one attached hydrogen (secondary N) is 3. The van der Waals surface area contributed by atoms with E-state index in [1.165, 1.54) is 18.2 Å². The predicted molar refractivity (Wildman–Crippen MR) is 78.6 cm³/mol. The fraction of sp³-hybridized carbons (Fsp3) is 0.385. The number of carboxylic acid groups (broad SMARTS) is 1. The Balaban J connectivity index is 2.42. The Bertz CT molecular complexity index is 480. The first kappa shape index (κ1) is 16.3. The third-order valence-electron chi connectivity index (χ3n) is 2.52. The highest BCUT2D eigenvalue weighted by Gasteiger charge is 2.09. The number of urea groups is 1. The topological polar surface area (TPSA) is 90.5 Å². The zero-order chi connectivity index (χ0) is 15.0. The zero-order valence-corrected chi connectivity index (χ0v) is 12.0. The van der Waals surface area contributed by atoms with Gasteiger partial charge in [-0.1, -0.05) is 18.5 Å². The molecule has 0 saturated heterocycles. The van der Waals surface area contributed by atoms with Crippen molar-refractivity contribution < 1.29 is 14.7 Å². The molecular weight excluding hydrogens is 282 g/mol. The van der Waals surface area contributed by atoms with Gasteiger partial charge in [-0.3, -0.25) is 0 Å². The van der Waals surface area contributed by atoms with Gasteiger partial charge in [0.05, 0.1) is 10.6 Å². The molecule has 0 aliphatic rings. The quantitative estimate of drug-likeness (QED) is 0.581. The van der Waals surface area contributed by atoms with E-state index in [0.717, 1.165) is 19.5 Å². The van der Waals surface area contributed by atoms with Crippen LogP contribution in [0.15, 0.2) is 18.2 Å². The van der Waals surface area contributed by atoms with Crippen molar-refractivity contribution >= 4 is 29.3 Å². The molecule has 6 nitrogen and oxygen atoms in total. The molecule has 0 atom stereocenters. The highest BCUT2D eigenvalue weighted by atomic mass is 35.5. The van der Waals surface area contributed by atoms with Crippen LogP contribution in [0.1, 0.15) is 23.7 Å². The first-order valence-electron chi connectivity index (χ1n) is 6.33. The maximum absolute atomic E-state index is 11.6. The number of anilines is 1. The van der Waals surface area contributed by atoms with Gasteiger partial charge >= 0.3 is 12.0 Å². The first-order valence-corrected chi connectivity index (χ1v) is 6.70. The van der Waals surface area contributed by atoms with Gasteiger partial charge in [0.15, 0.2) is 0 Å². The standard InChI is InChI=1S/C13H18ClN3O3/c1-2-15-6-3-7-16-13(20)17-9-4-5-10(12(18)19)11(14)8-9/h4-5,8,15H,2-3,6-7H2,1H3,(H,18,19)(H2,16,17,20). The number of halogens is 1. The van der Waals surface area contributed by atoms with Gasteiger partial charge in [0.1, 0.15) is 0 Å². The van der Waals surface area contributed by atoms with Crippen LogP contribution in [0.4, 0.5) is 10.5 Å². The van der Waals surface area contributed by atoms with Gasteiger partial charge in [-0.2, -0.15) is 0 Å². The Morgan fingerprint density at radius 2 is 2.05 bits per heavy atom. The van der Waals surface area contributed by atoms with E-state index in [1.54, 1.807) is 0 Å². The summed E-state index contributed by atoms with van der Waals surface area (Å²) < 4.78 is 0. The number of hydrogen-bond acceptors (Lipinski definition) is 3. The predicted octanol–water partition coefficient (Wildman–Crippen LogP) is 2.16. The first-order chi connectivity index (χ1) is 9.54. The Morgan fingerprint density at radius 1 is 1.30 bits per heavy atom. The minimum atomic E-state index is -1.10. The molecule has 0 aliphatic heterocycles. The fourth-order valence-electron chi connectivity index (χ4n) is 1.53. The summed E-state index contributed by atoms with van der Waals surface area (Å²) in [4.78, 5) is 22.4. The molecule has 4 N–H and O–H groups in total. The van der Waals surface area contributed by atoms with Crippen LogP contribution in [0, 0.1) is 0 Å². The van der Waals surface area contributed by atoms with Gasteiger partial charge in [-0.15, -0.1) is 0 Å². The number of benzene rings is 1. The molecule has 1 rings (SSSR count). The van der Waals surface area contributed by atoms with E-state index in [0.29, 0.717) is 12.2 Å². The van der Waals surface area contributed by atoms with E-state index >= 15 is 0 Å². The lowest BCUT2D eigenvalue weighted by atomic mass is 10.2. The number of hydrogen-bond donors (Lipinski definition) is 4. The second-order valence-electron chi connectivity index (χ2n) is 4.09. The van der Waals surface area contributed by atoms with Crippen molar-refractivity contribution in [1.29, 1.82) is 0 Å². The summed E-state index contributed by atoms with van der Waals surface area (Å²) in [5.41, 5.74) is 0.451. The lowest BCUT2D eigenvalue weighted by molar-refractivity contribution is 0.0697. The van der Waals surface area contributed by atoms with E-state index in [2.05, 4.69) is 16.0 Å². The monoisotopic (exact) mass is 299 g/mol. The van der Waals surface area contributed by atoms with Crippen molar-refractivity contribution in [2.24, 2.45) is 0 Å². The molecule has 0 fully saturated rings. The van der Waals surface area contributed by atoms with Crippen LogP contribution in [0.2, 0.25) is 5.02 Å². The van der Waals surface area contributed by atoms with Crippen LogP contribution in [0.25, 0.3) is 0 Å². The number of rotatable bonds is 7. The maximum Gasteiger partial charge on any atom is 0.337 e. The van der Waals surface area contributed by atoms with Crippen molar-refractivity contribution in [3.63, 3.8) is 0 Å². The van der Waals surface area contributed by atoms with Gasteiger partial charge < -0.3 is 21.1 Å². The molecule has 0 aliphatic carbocycles. The van der Waals surface area contributed by atoms with E-state index in [9.17, 15) is 9.59 Å². The second kappa shape index (κ2) is 8.39. The summed E-state index contributed by atoms with van der Waals surface area (Å²) in [6.45, 7) is 4.32. The van der Waals surface area contributed by atoms with E-state index in [-0.39, 0.29) is 16.6 Å². The number of carbonyl (C=O) groups is 2. The number of carbonyl (C=O) groups excluding carboxylic acids is 1. The molecular formula is C13H18ClN3O3. The number of carboxylic acids is 1. The smallest absolute Gasteiger partial charge is 0.337 e. The molecule has 0 spiro atoms. The van der Waals surface area contributed by atoms with Crippen molar-refractivity contribution in [2.45, 2.75) is 13.3 Å². The van der Waals surface area contributed by atoms with Crippen molar-refractivity contribution in [3.05, 3.63) is 28.8 Å². The minimum absolute atomic E-state index is 0.00302. The van der Waals surface area contributed by atoms with Crippen LogP contribution < -0.4 is 16.0 Å². The van der Waals surface area contributed by atoms with Crippen LogP contribution in [0.5, 0.6) is 0 Å². The van der Waals surface area contributed by atoms with E-state index in [1.807, 2.05) is 6.92 Å². The lowest BCUT2D eigenvalue weighted by Gasteiger charge is -2.09. The molecule has 0 heterocycles. The Kier molecular flexibility index (Phi) is 6.83. The number of aromatic carboxylic acids is 1. The summed E-state index contributed by atoms with van der Waals surface area (Å²) in [5, 5.41) is 17.4. The Morgan fingerprint density at radius 3 is 2.65 bits per heavy atom. The van der Waals surface area contributed by atoms with Crippen LogP contribution in [0.3, 0.4) is 0 Å². The largest absolute Gasteiger partial charge is 0.478 e. The molecule has 0 saturated carbocycles. The average molecular weight is 300 g/mol. The molecule has 0 radical (unpaired) electrons. The third kappa shape index (κ3) is 5.46. The van der Waals surface area contributed by atoms with Gasteiger partial charge in [0.2, 0.25) is 0 Å². The molecule has 0 bridgehead atoms. The van der Waals surface area contributed by atoms with Gasteiger partial charge in [0, 0.05) is 12.2 Å². The molecule has 0 unspecified atom stereocenters. The van der Waals surface area contributed by atoms with Gasteiger partial charge in [0.25, 0.3) is 0 Å². The van der Waals surface area contributed by atoms with Gasteiger partial charge in [-0.25, -0.2) is 9.59 Å². The maximum atomic E-state index is 11.6. The van der Waals surface area contributed by atoms with Crippen LogP contribution >= 0.6 is 11.6 Å². The second-order valence-corrected chi connectivity index (χ2v) is 4.49. The normalized spacial score (nSPS) is 10.1. The number of amides is 2. The summed E-state index contributed by atoms with van der Waals surface area (Å²) in [6.07, 6.45) is 0.833. The van der Waals surface area contributed by atoms with E-state index < -0.39 is 5.97 Å². The molecule has 1 aromatic carbocycles. The molecule has 7 heteroatoms. The van der Waals surface area contributed by atoms with Gasteiger partial charge in [-0.05, 0) is 37.7 Å². The minimum Gasteiger partial charge on any atom is -0.478 e. The van der Waals surface area contributed by atoms with Crippen LogP contribution in [-0.2, 0) is 0 Å². The summed E-state index contributed by atoms with van der Waals surface area (Å²) in [5.74, 6) is -1.10. The van der Waals surface area contributed by atoms with Crippen molar-refractivity contribution in [3.8, 4) is 0 Å². The third-order valence-corrected chi connectivity index (χ3v) is 2.84. The Labute approximate surface area is 122 Å². The summed E-state index contributed by atoms with van der Waals surface area (Å²) in [6, 6.07) is 3.91. The fourth-order valence-corrected chi connectivity index (χ4v) is 1.80. The molecule has 20 heavy (non-hydrogen) atoms. The summed E-state index contributed by atoms with van der Waals surface area (Å²) in [7, 11) is 0. The lowest BCUT2D eigenvalue weighted by Crippen LogP contribution is -2.31. The van der Waals surface area contributed by atoms with Crippen molar-refractivity contribution in [2.75, 3.05) is 25.0 Å². The average Bonchev–Trinajstić information content (AvgIpc) is 2.38. The van der Waals surface area contributed by atoms with Crippen molar-refractivity contribution in [1.82, 2.24) is 10.6 Å². The molecule has 1 aromatic rings. The van der Waals surface area contributed by atoms with Crippen LogP contribution in [-0.4, -0.2) is 36.7 Å². The van der Waals surface area contributed by atoms with E-state index in [4.69, 9.17) is 16.7 Å². The highest BCUT2D eigenvalue weighted by molar-refractivity contribution is 6.33.